The van der Waals surface area contributed by atoms with Crippen molar-refractivity contribution in [2.75, 3.05) is 0 Å². The summed E-state index contributed by atoms with van der Waals surface area (Å²) in [6, 6.07) is 15.2. The Morgan fingerprint density at radius 3 is 1.77 bits per heavy atom. The minimum atomic E-state index is 0.135. The average Bonchev–Trinajstić information content (AvgIpc) is 2.47. The summed E-state index contributed by atoms with van der Waals surface area (Å²) in [4.78, 5) is 4.16. The highest BCUT2D eigenvalue weighted by atomic mass is 14.6. The predicted molar refractivity (Wildman–Crippen MR) is 94.6 cm³/mol. The van der Waals surface area contributed by atoms with E-state index in [-0.39, 0.29) is 10.8 Å². The molecule has 1 atom stereocenters. The molecule has 0 N–H and O–H groups in total. The molecule has 0 spiro atoms. The molecule has 0 aliphatic carbocycles. The van der Waals surface area contributed by atoms with Crippen molar-refractivity contribution in [3.8, 4) is 0 Å². The van der Waals surface area contributed by atoms with Gasteiger partial charge in [0.15, 0.2) is 0 Å². The van der Waals surface area contributed by atoms with Crippen LogP contribution in [-0.4, -0.2) is 4.98 Å². The van der Waals surface area contributed by atoms with Gasteiger partial charge in [-0.15, -0.1) is 0 Å². The third-order valence-electron chi connectivity index (χ3n) is 5.00. The molecule has 1 aromatic heterocycles. The van der Waals surface area contributed by atoms with Crippen molar-refractivity contribution in [2.24, 2.45) is 10.8 Å². The van der Waals surface area contributed by atoms with Crippen molar-refractivity contribution in [2.45, 2.75) is 47.5 Å². The van der Waals surface area contributed by atoms with Crippen LogP contribution in [0.1, 0.15) is 45.7 Å². The van der Waals surface area contributed by atoms with E-state index in [0.29, 0.717) is 0 Å². The van der Waals surface area contributed by atoms with E-state index in [2.05, 4.69) is 82.1 Å². The van der Waals surface area contributed by atoms with E-state index in [0.717, 1.165) is 12.8 Å². The number of benzene rings is 1. The largest absolute Gasteiger partial charge is 0.265 e. The maximum atomic E-state index is 4.16. The fraction of sp³-hybridized carbons (Fsp3) is 0.429. The Morgan fingerprint density at radius 2 is 1.32 bits per heavy atom. The van der Waals surface area contributed by atoms with Crippen LogP contribution in [0.2, 0.25) is 0 Å². The van der Waals surface area contributed by atoms with Gasteiger partial charge in [0, 0.05) is 12.4 Å². The Hall–Kier alpha value is -1.63. The van der Waals surface area contributed by atoms with E-state index in [1.807, 2.05) is 12.4 Å². The highest BCUT2D eigenvalue weighted by Crippen LogP contribution is 2.50. The van der Waals surface area contributed by atoms with Gasteiger partial charge < -0.3 is 0 Å². The summed E-state index contributed by atoms with van der Waals surface area (Å²) in [6.07, 6.45) is 5.92. The summed E-state index contributed by atoms with van der Waals surface area (Å²) in [5.74, 6) is 1.50. The molecule has 1 radical (unpaired) electrons. The highest BCUT2D eigenvalue weighted by molar-refractivity contribution is 5.25. The van der Waals surface area contributed by atoms with Gasteiger partial charge in [0.05, 0.1) is 0 Å². The minimum Gasteiger partial charge on any atom is -0.265 e. The van der Waals surface area contributed by atoms with E-state index in [9.17, 15) is 0 Å². The summed E-state index contributed by atoms with van der Waals surface area (Å²) in [5, 5.41) is 0. The first-order valence-corrected chi connectivity index (χ1v) is 8.09. The molecule has 0 aliphatic heterocycles. The fourth-order valence-electron chi connectivity index (χ4n) is 3.49. The third-order valence-corrected chi connectivity index (χ3v) is 5.00. The molecule has 0 fully saturated rings. The lowest BCUT2D eigenvalue weighted by atomic mass is 9.55. The summed E-state index contributed by atoms with van der Waals surface area (Å²) in [6.45, 7) is 11.7. The molecular formula is C21H28N. The second-order valence-electron chi connectivity index (χ2n) is 7.53. The zero-order chi connectivity index (χ0) is 16.2. The van der Waals surface area contributed by atoms with E-state index in [4.69, 9.17) is 0 Å². The zero-order valence-corrected chi connectivity index (χ0v) is 14.6. The molecular weight excluding hydrogens is 266 g/mol. The van der Waals surface area contributed by atoms with Crippen LogP contribution < -0.4 is 0 Å². The van der Waals surface area contributed by atoms with Gasteiger partial charge in [0.25, 0.3) is 0 Å². The van der Waals surface area contributed by atoms with Crippen molar-refractivity contribution in [3.63, 3.8) is 0 Å². The van der Waals surface area contributed by atoms with Gasteiger partial charge >= 0.3 is 0 Å². The molecule has 1 heteroatoms. The van der Waals surface area contributed by atoms with Crippen LogP contribution in [-0.2, 0) is 12.8 Å². The molecule has 2 aromatic rings. The Labute approximate surface area is 135 Å². The van der Waals surface area contributed by atoms with Crippen LogP contribution in [0.3, 0.4) is 0 Å². The Kier molecular flexibility index (Phi) is 5.05. The van der Waals surface area contributed by atoms with Crippen LogP contribution in [0.25, 0.3) is 0 Å². The molecule has 22 heavy (non-hydrogen) atoms. The number of rotatable bonds is 5. The van der Waals surface area contributed by atoms with Gasteiger partial charge in [-0.05, 0) is 52.8 Å². The topological polar surface area (TPSA) is 12.9 Å². The maximum Gasteiger partial charge on any atom is 0.0270 e. The normalized spacial score (nSPS) is 14.8. The van der Waals surface area contributed by atoms with Crippen molar-refractivity contribution < 1.29 is 0 Å². The van der Waals surface area contributed by atoms with Crippen LogP contribution in [0.15, 0.2) is 54.9 Å². The van der Waals surface area contributed by atoms with Crippen LogP contribution in [0.5, 0.6) is 0 Å². The number of nitrogens with zero attached hydrogens (tertiary/aromatic N) is 1. The summed E-state index contributed by atoms with van der Waals surface area (Å²) < 4.78 is 0. The van der Waals surface area contributed by atoms with Crippen LogP contribution in [0.4, 0.5) is 0 Å². The number of pyridine rings is 1. The molecule has 0 saturated heterocycles. The van der Waals surface area contributed by atoms with Crippen LogP contribution >= 0.6 is 0 Å². The zero-order valence-electron chi connectivity index (χ0n) is 14.6. The first-order valence-electron chi connectivity index (χ1n) is 8.09. The lowest BCUT2D eigenvalue weighted by Gasteiger charge is -2.49. The van der Waals surface area contributed by atoms with Gasteiger partial charge in [-0.2, -0.15) is 0 Å². The third kappa shape index (κ3) is 3.58. The first-order chi connectivity index (χ1) is 10.3. The van der Waals surface area contributed by atoms with Gasteiger partial charge in [-0.25, -0.2) is 0 Å². The molecule has 1 heterocycles. The average molecular weight is 294 g/mol. The summed E-state index contributed by atoms with van der Waals surface area (Å²) in [7, 11) is 0. The number of hydrogen-bond acceptors (Lipinski definition) is 1. The van der Waals surface area contributed by atoms with Crippen molar-refractivity contribution >= 4 is 0 Å². The number of hydrogen-bond donors (Lipinski definition) is 0. The lowest BCUT2D eigenvalue weighted by molar-refractivity contribution is 0.102. The lowest BCUT2D eigenvalue weighted by Crippen LogP contribution is -2.43. The van der Waals surface area contributed by atoms with Gasteiger partial charge in [0.1, 0.15) is 0 Å². The second-order valence-corrected chi connectivity index (χ2v) is 7.53. The Morgan fingerprint density at radius 1 is 0.818 bits per heavy atom. The molecule has 0 aliphatic rings. The van der Waals surface area contributed by atoms with Crippen molar-refractivity contribution in [1.82, 2.24) is 4.98 Å². The molecule has 2 rings (SSSR count). The summed E-state index contributed by atoms with van der Waals surface area (Å²) >= 11 is 0. The second kappa shape index (κ2) is 6.64. The van der Waals surface area contributed by atoms with E-state index < -0.39 is 0 Å². The molecule has 117 valence electrons. The van der Waals surface area contributed by atoms with Crippen molar-refractivity contribution in [3.05, 3.63) is 71.9 Å². The molecule has 1 aromatic carbocycles. The monoisotopic (exact) mass is 294 g/mol. The van der Waals surface area contributed by atoms with Gasteiger partial charge in [0.2, 0.25) is 0 Å². The molecule has 0 amide bonds. The first kappa shape index (κ1) is 16.7. The fourth-order valence-corrected chi connectivity index (χ4v) is 3.49. The molecule has 1 unspecified atom stereocenters. The van der Waals surface area contributed by atoms with E-state index in [1.54, 1.807) is 0 Å². The van der Waals surface area contributed by atoms with Gasteiger partial charge in [-0.1, -0.05) is 65.0 Å². The van der Waals surface area contributed by atoms with Gasteiger partial charge in [-0.3, -0.25) is 4.98 Å². The Balaban J connectivity index is 2.42. The van der Waals surface area contributed by atoms with Crippen LogP contribution in [0, 0.1) is 16.7 Å². The predicted octanol–water partition coefficient (Wildman–Crippen LogP) is 5.51. The standard InChI is InChI=1S/C21H28N/c1-17(2)21(20(3,4)5,15-18-9-7-6-8-10-18)16-19-11-13-22-14-12-19/h6-14H,15-16H2,1-5H3. The highest BCUT2D eigenvalue weighted by Gasteiger charge is 2.44. The molecule has 0 bridgehead atoms. The maximum absolute atomic E-state index is 4.16. The SMILES string of the molecule is C[C](C)C(Cc1ccccc1)(Cc1ccncc1)C(C)(C)C. The minimum absolute atomic E-state index is 0.135. The molecule has 1 nitrogen and oxygen atoms in total. The number of aromatic nitrogens is 1. The Bertz CT molecular complexity index is 522. The van der Waals surface area contributed by atoms with E-state index >= 15 is 0 Å². The molecule has 0 saturated carbocycles. The quantitative estimate of drug-likeness (QED) is 0.708. The smallest absolute Gasteiger partial charge is 0.0270 e. The van der Waals surface area contributed by atoms with E-state index in [1.165, 1.54) is 17.0 Å². The van der Waals surface area contributed by atoms with Crippen molar-refractivity contribution in [1.29, 1.82) is 0 Å². The summed E-state index contributed by atoms with van der Waals surface area (Å²) in [5.41, 5.74) is 3.09.